The molecule has 1 aromatic carbocycles. The van der Waals surface area contributed by atoms with Crippen molar-refractivity contribution in [2.75, 3.05) is 13.2 Å². The van der Waals surface area contributed by atoms with Gasteiger partial charge in [0.15, 0.2) is 0 Å². The molecule has 1 heterocycles. The van der Waals surface area contributed by atoms with Gasteiger partial charge in [-0.1, -0.05) is 33.4 Å². The van der Waals surface area contributed by atoms with Gasteiger partial charge < -0.3 is 9.64 Å². The summed E-state index contributed by atoms with van der Waals surface area (Å²) in [5.74, 6) is 1.75. The number of ether oxygens (including phenoxy) is 1. The Bertz CT molecular complexity index is 477. The average molecular weight is 289 g/mol. The van der Waals surface area contributed by atoms with Crippen LogP contribution in [0.15, 0.2) is 30.9 Å². The lowest BCUT2D eigenvalue weighted by atomic mass is 9.99. The molecule has 0 aromatic heterocycles. The summed E-state index contributed by atoms with van der Waals surface area (Å²) in [4.78, 5) is 13.3. The molecule has 0 aliphatic carbocycles. The lowest BCUT2D eigenvalue weighted by molar-refractivity contribution is -0.126. The fourth-order valence-electron chi connectivity index (χ4n) is 2.10. The molecule has 1 aliphatic rings. The highest BCUT2D eigenvalue weighted by atomic mass is 16.5. The summed E-state index contributed by atoms with van der Waals surface area (Å²) >= 11 is 0. The number of hydrogen-bond acceptors (Lipinski definition) is 2. The van der Waals surface area contributed by atoms with E-state index in [4.69, 9.17) is 4.74 Å². The summed E-state index contributed by atoms with van der Waals surface area (Å²) in [7, 11) is 0. The maximum absolute atomic E-state index is 11.5. The van der Waals surface area contributed by atoms with E-state index >= 15 is 0 Å². The van der Waals surface area contributed by atoms with Crippen LogP contribution in [0.2, 0.25) is 0 Å². The molecule has 0 atom stereocenters. The number of amides is 1. The molecule has 1 aromatic rings. The predicted molar refractivity (Wildman–Crippen MR) is 87.4 cm³/mol. The smallest absolute Gasteiger partial charge is 0.246 e. The molecule has 116 valence electrons. The van der Waals surface area contributed by atoms with Crippen LogP contribution in [0.3, 0.4) is 0 Å². The molecular formula is C18H27NO2. The molecule has 0 unspecified atom stereocenters. The quantitative estimate of drug-likeness (QED) is 0.792. The number of carbonyl (C=O) groups excluding carboxylic acids is 1. The molecule has 0 radical (unpaired) electrons. The molecule has 21 heavy (non-hydrogen) atoms. The molecule has 0 saturated heterocycles. The van der Waals surface area contributed by atoms with Crippen LogP contribution in [0.1, 0.15) is 38.8 Å². The van der Waals surface area contributed by atoms with Crippen LogP contribution in [-0.2, 0) is 17.8 Å². The molecule has 0 N–H and O–H groups in total. The van der Waals surface area contributed by atoms with Crippen LogP contribution >= 0.6 is 0 Å². The summed E-state index contributed by atoms with van der Waals surface area (Å²) in [6.45, 7) is 14.1. The van der Waals surface area contributed by atoms with Crippen molar-refractivity contribution >= 4 is 5.91 Å². The fraction of sp³-hybridized carbons (Fsp3) is 0.500. The number of fused-ring (bicyclic) bond motifs is 1. The number of benzene rings is 1. The van der Waals surface area contributed by atoms with E-state index < -0.39 is 0 Å². The molecule has 3 heteroatoms. The van der Waals surface area contributed by atoms with Gasteiger partial charge in [0, 0.05) is 13.1 Å². The highest BCUT2D eigenvalue weighted by Crippen LogP contribution is 2.23. The van der Waals surface area contributed by atoms with Gasteiger partial charge in [-0.25, -0.2) is 0 Å². The van der Waals surface area contributed by atoms with Gasteiger partial charge >= 0.3 is 0 Å². The Morgan fingerprint density at radius 1 is 1.38 bits per heavy atom. The van der Waals surface area contributed by atoms with Gasteiger partial charge in [-0.3, -0.25) is 4.79 Å². The zero-order valence-corrected chi connectivity index (χ0v) is 13.7. The Labute approximate surface area is 128 Å². The van der Waals surface area contributed by atoms with E-state index in [-0.39, 0.29) is 5.91 Å². The van der Waals surface area contributed by atoms with E-state index in [0.717, 1.165) is 24.6 Å². The van der Waals surface area contributed by atoms with Gasteiger partial charge in [0.25, 0.3) is 0 Å². The zero-order valence-electron chi connectivity index (χ0n) is 13.7. The van der Waals surface area contributed by atoms with Crippen LogP contribution in [-0.4, -0.2) is 24.0 Å². The number of hydrogen-bond donors (Lipinski definition) is 0. The van der Waals surface area contributed by atoms with Crippen LogP contribution in [0.5, 0.6) is 5.75 Å². The molecule has 0 bridgehead atoms. The van der Waals surface area contributed by atoms with E-state index in [0.29, 0.717) is 13.2 Å². The van der Waals surface area contributed by atoms with Gasteiger partial charge in [-0.2, -0.15) is 0 Å². The highest BCUT2D eigenvalue weighted by Gasteiger charge is 2.19. The molecule has 0 saturated carbocycles. The Hall–Kier alpha value is -1.77. The molecule has 1 amide bonds. The molecule has 3 nitrogen and oxygen atoms in total. The monoisotopic (exact) mass is 289 g/mol. The predicted octanol–water partition coefficient (Wildman–Crippen LogP) is 3.82. The van der Waals surface area contributed by atoms with Crippen molar-refractivity contribution in [1.29, 1.82) is 0 Å². The number of nitrogens with zero attached hydrogens (tertiary/aromatic N) is 1. The minimum atomic E-state index is 0.00420. The summed E-state index contributed by atoms with van der Waals surface area (Å²) in [5.41, 5.74) is 2.49. The van der Waals surface area contributed by atoms with E-state index in [9.17, 15) is 4.79 Å². The topological polar surface area (TPSA) is 29.5 Å². The van der Waals surface area contributed by atoms with Crippen molar-refractivity contribution in [3.05, 3.63) is 42.0 Å². The minimum Gasteiger partial charge on any atom is -0.494 e. The first-order valence-electron chi connectivity index (χ1n) is 7.63. The Kier molecular flexibility index (Phi) is 7.00. The van der Waals surface area contributed by atoms with Crippen LogP contribution in [0.4, 0.5) is 0 Å². The average Bonchev–Trinajstić information content (AvgIpc) is 2.45. The van der Waals surface area contributed by atoms with Crippen LogP contribution < -0.4 is 4.74 Å². The number of rotatable bonds is 3. The van der Waals surface area contributed by atoms with Crippen molar-refractivity contribution in [1.82, 2.24) is 4.90 Å². The maximum Gasteiger partial charge on any atom is 0.246 e. The molecular weight excluding hydrogens is 262 g/mol. The van der Waals surface area contributed by atoms with Crippen LogP contribution in [0.25, 0.3) is 0 Å². The third-order valence-corrected chi connectivity index (χ3v) is 2.99. The van der Waals surface area contributed by atoms with Crippen molar-refractivity contribution < 1.29 is 9.53 Å². The fourth-order valence-corrected chi connectivity index (χ4v) is 2.10. The summed E-state index contributed by atoms with van der Waals surface area (Å²) < 4.78 is 5.47. The van der Waals surface area contributed by atoms with Gasteiger partial charge in [-0.15, -0.1) is 0 Å². The lowest BCUT2D eigenvalue weighted by Gasteiger charge is -2.28. The van der Waals surface area contributed by atoms with E-state index in [1.54, 1.807) is 0 Å². The SMILES string of the molecule is C=CC(=O)N1CCc2cc(OCC)ccc2C1.CC(C)C. The summed E-state index contributed by atoms with van der Waals surface area (Å²) in [6, 6.07) is 6.08. The molecule has 1 aliphatic heterocycles. The Morgan fingerprint density at radius 2 is 2.05 bits per heavy atom. The van der Waals surface area contributed by atoms with Crippen molar-refractivity contribution in [3.8, 4) is 5.75 Å². The van der Waals surface area contributed by atoms with E-state index in [2.05, 4.69) is 33.4 Å². The molecule has 0 spiro atoms. The minimum absolute atomic E-state index is 0.00420. The standard InChI is InChI=1S/C14H17NO2.C4H10/c1-3-14(16)15-8-7-11-9-13(17-4-2)6-5-12(11)10-15;1-4(2)3/h3,5-6,9H,1,4,7-8,10H2,2H3;4H,1-3H3. The highest BCUT2D eigenvalue weighted by molar-refractivity contribution is 5.87. The summed E-state index contributed by atoms with van der Waals surface area (Å²) in [6.07, 6.45) is 2.26. The third kappa shape index (κ3) is 5.62. The second kappa shape index (κ2) is 8.50. The molecule has 2 rings (SSSR count). The van der Waals surface area contributed by atoms with E-state index in [1.807, 2.05) is 24.0 Å². The first-order valence-corrected chi connectivity index (χ1v) is 7.63. The number of carbonyl (C=O) groups is 1. The Balaban J connectivity index is 0.000000491. The van der Waals surface area contributed by atoms with Gasteiger partial charge in [0.05, 0.1) is 6.61 Å². The Morgan fingerprint density at radius 3 is 2.62 bits per heavy atom. The van der Waals surface area contributed by atoms with Crippen molar-refractivity contribution in [2.24, 2.45) is 5.92 Å². The second-order valence-corrected chi connectivity index (χ2v) is 5.81. The van der Waals surface area contributed by atoms with Gasteiger partial charge in [0.2, 0.25) is 5.91 Å². The zero-order chi connectivity index (χ0) is 15.8. The first kappa shape index (κ1) is 17.3. The summed E-state index contributed by atoms with van der Waals surface area (Å²) in [5, 5.41) is 0. The van der Waals surface area contributed by atoms with Gasteiger partial charge in [0.1, 0.15) is 5.75 Å². The second-order valence-electron chi connectivity index (χ2n) is 5.81. The normalized spacial score (nSPS) is 13.1. The van der Waals surface area contributed by atoms with Gasteiger partial charge in [-0.05, 0) is 48.6 Å². The first-order chi connectivity index (χ1) is 9.97. The van der Waals surface area contributed by atoms with Crippen molar-refractivity contribution in [2.45, 2.75) is 40.7 Å². The van der Waals surface area contributed by atoms with E-state index in [1.165, 1.54) is 17.2 Å². The maximum atomic E-state index is 11.5. The largest absolute Gasteiger partial charge is 0.494 e. The third-order valence-electron chi connectivity index (χ3n) is 2.99. The lowest BCUT2D eigenvalue weighted by Crippen LogP contribution is -2.34. The molecule has 0 fully saturated rings. The van der Waals surface area contributed by atoms with Crippen LogP contribution in [0, 0.1) is 5.92 Å². The van der Waals surface area contributed by atoms with Crippen molar-refractivity contribution in [3.63, 3.8) is 0 Å².